The number of carbonyl (C=O) groups excluding carboxylic acids is 8. The molecule has 4 aliphatic carbocycles. The molecular formula is C60H34O8. The SMILES string of the molecule is Cc1ccc2c(c1-c1cc(C)c(-c3cc(C)c(-c4c(C)ccc5c4C(=O)c4ccccc4C5=O)c4c3C(=O)c3ccccc3C4=O)c3c1C(=O)c1ccccc1C3=O)C(=O)c1ccccc1C2=O. The van der Waals surface area contributed by atoms with Crippen LogP contribution in [-0.2, 0) is 0 Å². The summed E-state index contributed by atoms with van der Waals surface area (Å²) < 4.78 is 0. The zero-order chi connectivity index (χ0) is 47.2. The molecule has 322 valence electrons. The number of aryl methyl sites for hydroxylation is 4. The van der Waals surface area contributed by atoms with E-state index in [-0.39, 0.29) is 117 Å². The quantitative estimate of drug-likeness (QED) is 0.171. The van der Waals surface area contributed by atoms with Crippen molar-refractivity contribution in [3.05, 3.63) is 245 Å². The van der Waals surface area contributed by atoms with Crippen molar-refractivity contribution in [2.45, 2.75) is 27.7 Å². The van der Waals surface area contributed by atoms with Gasteiger partial charge in [0.25, 0.3) is 0 Å². The van der Waals surface area contributed by atoms with Gasteiger partial charge >= 0.3 is 0 Å². The van der Waals surface area contributed by atoms with E-state index in [2.05, 4.69) is 0 Å². The molecule has 0 heterocycles. The lowest BCUT2D eigenvalue weighted by Crippen LogP contribution is -2.27. The Labute approximate surface area is 388 Å². The monoisotopic (exact) mass is 882 g/mol. The average Bonchev–Trinajstić information content (AvgIpc) is 3.35. The smallest absolute Gasteiger partial charge is 0.195 e. The van der Waals surface area contributed by atoms with E-state index < -0.39 is 34.7 Å². The maximum Gasteiger partial charge on any atom is 0.195 e. The molecular weight excluding hydrogens is 849 g/mol. The second-order valence-corrected chi connectivity index (χ2v) is 17.9. The van der Waals surface area contributed by atoms with Crippen molar-refractivity contribution >= 4 is 46.3 Å². The predicted octanol–water partition coefficient (Wildman–Crippen LogP) is 11.0. The van der Waals surface area contributed by atoms with E-state index in [9.17, 15) is 19.2 Å². The van der Waals surface area contributed by atoms with Crippen molar-refractivity contribution < 1.29 is 38.4 Å². The number of fused-ring (bicyclic) bond motifs is 8. The van der Waals surface area contributed by atoms with Crippen LogP contribution in [0.2, 0.25) is 0 Å². The highest BCUT2D eigenvalue weighted by molar-refractivity contribution is 6.38. The molecule has 0 aliphatic heterocycles. The fourth-order valence-corrected chi connectivity index (χ4v) is 11.2. The second kappa shape index (κ2) is 14.3. The van der Waals surface area contributed by atoms with Crippen molar-refractivity contribution in [1.29, 1.82) is 0 Å². The maximum atomic E-state index is 15.4. The Bertz CT molecular complexity index is 3880. The molecule has 0 N–H and O–H groups in total. The second-order valence-electron chi connectivity index (χ2n) is 17.9. The molecule has 0 amide bonds. The molecule has 0 atom stereocenters. The minimum Gasteiger partial charge on any atom is -0.289 e. The normalized spacial score (nSPS) is 14.1. The minimum atomic E-state index is -0.510. The predicted molar refractivity (Wildman–Crippen MR) is 255 cm³/mol. The van der Waals surface area contributed by atoms with Crippen molar-refractivity contribution in [3.63, 3.8) is 0 Å². The summed E-state index contributed by atoms with van der Waals surface area (Å²) in [5.41, 5.74) is 5.91. The molecule has 0 fully saturated rings. The van der Waals surface area contributed by atoms with Gasteiger partial charge < -0.3 is 0 Å². The van der Waals surface area contributed by atoms with Crippen LogP contribution in [0.5, 0.6) is 0 Å². The zero-order valence-electron chi connectivity index (χ0n) is 37.0. The minimum absolute atomic E-state index is 0.00210. The molecule has 0 aromatic heterocycles. The third kappa shape index (κ3) is 5.25. The number of benzene rings is 8. The van der Waals surface area contributed by atoms with Crippen molar-refractivity contribution in [2.75, 3.05) is 0 Å². The number of hydrogen-bond acceptors (Lipinski definition) is 8. The Morgan fingerprint density at radius 1 is 0.191 bits per heavy atom. The van der Waals surface area contributed by atoms with Crippen LogP contribution in [0.3, 0.4) is 0 Å². The third-order valence-electron chi connectivity index (χ3n) is 14.2. The van der Waals surface area contributed by atoms with Gasteiger partial charge in [0.15, 0.2) is 46.3 Å². The summed E-state index contributed by atoms with van der Waals surface area (Å²) in [6, 6.07) is 36.3. The fourth-order valence-electron chi connectivity index (χ4n) is 11.2. The Hall–Kier alpha value is -8.88. The highest BCUT2D eigenvalue weighted by atomic mass is 16.2. The molecule has 8 aromatic rings. The lowest BCUT2D eigenvalue weighted by molar-refractivity contribution is 0.0977. The van der Waals surface area contributed by atoms with Gasteiger partial charge in [0.2, 0.25) is 0 Å². The maximum absolute atomic E-state index is 15.4. The molecule has 0 spiro atoms. The Morgan fingerprint density at radius 2 is 0.426 bits per heavy atom. The van der Waals surface area contributed by atoms with E-state index in [1.807, 2.05) is 0 Å². The largest absolute Gasteiger partial charge is 0.289 e. The van der Waals surface area contributed by atoms with E-state index in [1.54, 1.807) is 161 Å². The van der Waals surface area contributed by atoms with E-state index in [1.165, 1.54) is 0 Å². The molecule has 4 aliphatic rings. The zero-order valence-corrected chi connectivity index (χ0v) is 37.0. The van der Waals surface area contributed by atoms with Crippen LogP contribution in [0, 0.1) is 27.7 Å². The molecule has 0 bridgehead atoms. The average molecular weight is 883 g/mol. The van der Waals surface area contributed by atoms with Gasteiger partial charge in [-0.2, -0.15) is 0 Å². The van der Waals surface area contributed by atoms with Gasteiger partial charge in [0.1, 0.15) is 0 Å². The van der Waals surface area contributed by atoms with Crippen LogP contribution in [0.25, 0.3) is 33.4 Å². The Balaban J connectivity index is 1.19. The molecule has 0 saturated carbocycles. The van der Waals surface area contributed by atoms with Gasteiger partial charge in [-0.05, 0) is 108 Å². The van der Waals surface area contributed by atoms with Crippen LogP contribution >= 0.6 is 0 Å². The summed E-state index contributed by atoms with van der Waals surface area (Å²) in [4.78, 5) is 119. The molecule has 8 heteroatoms. The highest BCUT2D eigenvalue weighted by Gasteiger charge is 2.43. The first kappa shape index (κ1) is 40.6. The van der Waals surface area contributed by atoms with Crippen LogP contribution in [0.4, 0.5) is 0 Å². The van der Waals surface area contributed by atoms with Gasteiger partial charge in [-0.3, -0.25) is 38.4 Å². The lowest BCUT2D eigenvalue weighted by Gasteiger charge is -2.31. The van der Waals surface area contributed by atoms with Gasteiger partial charge in [-0.15, -0.1) is 0 Å². The molecule has 0 unspecified atom stereocenters. The summed E-state index contributed by atoms with van der Waals surface area (Å²) in [7, 11) is 0. The van der Waals surface area contributed by atoms with E-state index in [0.717, 1.165) is 0 Å². The molecule has 8 nitrogen and oxygen atoms in total. The number of hydrogen-bond donors (Lipinski definition) is 0. The van der Waals surface area contributed by atoms with Gasteiger partial charge in [-0.1, -0.05) is 109 Å². The van der Waals surface area contributed by atoms with Crippen LogP contribution in [-0.4, -0.2) is 46.3 Å². The number of carbonyl (C=O) groups is 8. The number of ketones is 8. The molecule has 12 rings (SSSR count). The first-order valence-electron chi connectivity index (χ1n) is 22.2. The third-order valence-corrected chi connectivity index (χ3v) is 14.2. The molecule has 68 heavy (non-hydrogen) atoms. The van der Waals surface area contributed by atoms with Crippen molar-refractivity contribution in [1.82, 2.24) is 0 Å². The molecule has 0 saturated heterocycles. The standard InChI is InChI=1S/C60H34O8/c1-27-21-23-39-47(55(63)33-15-7-5-13-31(33)53(39)61)43(27)41-25-29(3)44(51-49(41)57(65)35-17-9-11-19-37(35)59(51)67)42-26-30(4)46(52-50(42)58(66)36-18-10-12-20-38(36)60(52)68)45-28(2)22-24-40-48(45)56(64)34-16-8-6-14-32(34)54(40)62/h5-26H,1-4H3. The van der Waals surface area contributed by atoms with Crippen LogP contribution in [0.1, 0.15) is 150 Å². The first-order valence-corrected chi connectivity index (χ1v) is 22.2. The van der Waals surface area contributed by atoms with Gasteiger partial charge in [-0.25, -0.2) is 0 Å². The molecule has 8 aromatic carbocycles. The first-order chi connectivity index (χ1) is 32.8. The topological polar surface area (TPSA) is 137 Å². The molecule has 0 radical (unpaired) electrons. The van der Waals surface area contributed by atoms with E-state index >= 15 is 19.2 Å². The summed E-state index contributed by atoms with van der Waals surface area (Å²) in [5.74, 6) is -3.49. The Morgan fingerprint density at radius 3 is 0.794 bits per heavy atom. The van der Waals surface area contributed by atoms with Gasteiger partial charge in [0, 0.05) is 89.0 Å². The Kier molecular flexibility index (Phi) is 8.55. The number of rotatable bonds is 3. The van der Waals surface area contributed by atoms with Crippen LogP contribution in [0.15, 0.2) is 133 Å². The van der Waals surface area contributed by atoms with Crippen molar-refractivity contribution in [3.8, 4) is 33.4 Å². The van der Waals surface area contributed by atoms with Crippen molar-refractivity contribution in [2.24, 2.45) is 0 Å². The summed E-state index contributed by atoms with van der Waals surface area (Å²) in [5, 5.41) is 0. The van der Waals surface area contributed by atoms with Crippen LogP contribution < -0.4 is 0 Å². The van der Waals surface area contributed by atoms with E-state index in [4.69, 9.17) is 0 Å². The highest BCUT2D eigenvalue weighted by Crippen LogP contribution is 2.50. The lowest BCUT2D eigenvalue weighted by atomic mass is 9.69. The van der Waals surface area contributed by atoms with E-state index in [0.29, 0.717) is 38.9 Å². The fraction of sp³-hybridized carbons (Fsp3) is 0.0667. The summed E-state index contributed by atoms with van der Waals surface area (Å²) in [6.07, 6.45) is 0. The summed E-state index contributed by atoms with van der Waals surface area (Å²) >= 11 is 0. The van der Waals surface area contributed by atoms with Gasteiger partial charge in [0.05, 0.1) is 0 Å². The summed E-state index contributed by atoms with van der Waals surface area (Å²) in [6.45, 7) is 7.09.